The lowest BCUT2D eigenvalue weighted by Gasteiger charge is -2.05. The van der Waals surface area contributed by atoms with Gasteiger partial charge < -0.3 is 9.15 Å². The molecule has 0 saturated carbocycles. The number of rotatable bonds is 4. The zero-order valence-corrected chi connectivity index (χ0v) is 7.41. The Morgan fingerprint density at radius 2 is 2.50 bits per heavy atom. The molecular weight excluding hydrogens is 152 g/mol. The summed E-state index contributed by atoms with van der Waals surface area (Å²) in [7, 11) is 0. The van der Waals surface area contributed by atoms with Crippen LogP contribution in [0.4, 0.5) is 0 Å². The van der Waals surface area contributed by atoms with Crippen molar-refractivity contribution in [3.63, 3.8) is 0 Å². The van der Waals surface area contributed by atoms with Crippen LogP contribution in [0.3, 0.4) is 0 Å². The standard InChI is InChI=1S/C10H13O2/c1-9(2)5-7-11-8-10-4-3-6-12-10/h3-7H,8H2,1-2H3/q-1. The van der Waals surface area contributed by atoms with Crippen molar-refractivity contribution in [1.29, 1.82) is 0 Å². The molecule has 66 valence electrons. The van der Waals surface area contributed by atoms with E-state index in [1.165, 1.54) is 5.57 Å². The molecule has 0 fully saturated rings. The third-order valence-corrected chi connectivity index (χ3v) is 1.30. The Labute approximate surface area is 72.8 Å². The molecule has 0 radical (unpaired) electrons. The van der Waals surface area contributed by atoms with Crippen molar-refractivity contribution in [2.24, 2.45) is 0 Å². The zero-order valence-electron chi connectivity index (χ0n) is 7.41. The topological polar surface area (TPSA) is 22.4 Å². The molecule has 0 unspecified atom stereocenters. The highest BCUT2D eigenvalue weighted by molar-refractivity contribution is 5.00. The van der Waals surface area contributed by atoms with Crippen LogP contribution in [0.5, 0.6) is 0 Å². The van der Waals surface area contributed by atoms with E-state index in [2.05, 4.69) is 0 Å². The van der Waals surface area contributed by atoms with Gasteiger partial charge in [0.25, 0.3) is 0 Å². The fraction of sp³-hybridized carbons (Fsp3) is 0.300. The lowest BCUT2D eigenvalue weighted by Crippen LogP contribution is -1.85. The van der Waals surface area contributed by atoms with Gasteiger partial charge in [0.15, 0.2) is 0 Å². The molecule has 12 heavy (non-hydrogen) atoms. The molecule has 1 rings (SSSR count). The number of furan rings is 1. The molecule has 0 aliphatic heterocycles. The Kier molecular flexibility index (Phi) is 3.48. The number of ether oxygens (including phenoxy) is 1. The predicted molar refractivity (Wildman–Crippen MR) is 47.2 cm³/mol. The van der Waals surface area contributed by atoms with E-state index < -0.39 is 0 Å². The largest absolute Gasteiger partial charge is 0.467 e. The van der Waals surface area contributed by atoms with Crippen molar-refractivity contribution in [3.8, 4) is 0 Å². The van der Waals surface area contributed by atoms with Crippen LogP contribution in [-0.4, -0.2) is 0 Å². The first-order chi connectivity index (χ1) is 5.79. The molecule has 0 atom stereocenters. The fourth-order valence-corrected chi connectivity index (χ4v) is 0.709. The minimum Gasteiger partial charge on any atom is -0.467 e. The van der Waals surface area contributed by atoms with Crippen LogP contribution in [0.2, 0.25) is 0 Å². The second-order valence-corrected chi connectivity index (χ2v) is 2.77. The highest BCUT2D eigenvalue weighted by atomic mass is 16.5. The first-order valence-corrected chi connectivity index (χ1v) is 3.90. The molecule has 0 spiro atoms. The van der Waals surface area contributed by atoms with Gasteiger partial charge in [-0.05, 0) is 12.1 Å². The summed E-state index contributed by atoms with van der Waals surface area (Å²) in [6.07, 6.45) is 3.56. The van der Waals surface area contributed by atoms with Crippen LogP contribution in [0.15, 0.2) is 34.5 Å². The van der Waals surface area contributed by atoms with Crippen LogP contribution in [0.25, 0.3) is 0 Å². The van der Waals surface area contributed by atoms with Crippen LogP contribution in [0, 0.1) is 6.61 Å². The highest BCUT2D eigenvalue weighted by Crippen LogP contribution is 2.03. The number of allylic oxidation sites excluding steroid dienone is 1. The van der Waals surface area contributed by atoms with E-state index >= 15 is 0 Å². The molecule has 0 aliphatic carbocycles. The second kappa shape index (κ2) is 4.67. The summed E-state index contributed by atoms with van der Waals surface area (Å²) >= 11 is 0. The van der Waals surface area contributed by atoms with E-state index in [1.807, 2.05) is 32.1 Å². The lowest BCUT2D eigenvalue weighted by atomic mass is 10.3. The Bertz CT molecular complexity index is 230. The van der Waals surface area contributed by atoms with Crippen molar-refractivity contribution in [2.45, 2.75) is 20.5 Å². The van der Waals surface area contributed by atoms with Crippen molar-refractivity contribution >= 4 is 0 Å². The van der Waals surface area contributed by atoms with Gasteiger partial charge in [0.1, 0.15) is 5.76 Å². The molecule has 0 amide bonds. The van der Waals surface area contributed by atoms with Crippen molar-refractivity contribution < 1.29 is 9.15 Å². The summed E-state index contributed by atoms with van der Waals surface area (Å²) in [5, 5.41) is 0. The maximum atomic E-state index is 5.19. The number of hydrogen-bond acceptors (Lipinski definition) is 2. The van der Waals surface area contributed by atoms with Crippen LogP contribution < -0.4 is 0 Å². The molecule has 1 aromatic rings. The monoisotopic (exact) mass is 165 g/mol. The molecular formula is C10H13O2-. The van der Waals surface area contributed by atoms with Gasteiger partial charge in [-0.25, -0.2) is 11.6 Å². The first kappa shape index (κ1) is 8.94. The second-order valence-electron chi connectivity index (χ2n) is 2.77. The Hall–Kier alpha value is -1.15. The van der Waals surface area contributed by atoms with Gasteiger partial charge in [-0.2, -0.15) is 0 Å². The minimum atomic E-state index is 0.497. The molecule has 0 aromatic carbocycles. The first-order valence-electron chi connectivity index (χ1n) is 3.90. The van der Waals surface area contributed by atoms with Crippen molar-refractivity contribution in [2.75, 3.05) is 0 Å². The fourth-order valence-electron chi connectivity index (χ4n) is 0.709. The Morgan fingerprint density at radius 3 is 3.08 bits per heavy atom. The maximum absolute atomic E-state index is 5.19. The van der Waals surface area contributed by atoms with Gasteiger partial charge in [0.2, 0.25) is 0 Å². The van der Waals surface area contributed by atoms with Gasteiger partial charge >= 0.3 is 0 Å². The molecule has 2 nitrogen and oxygen atoms in total. The van der Waals surface area contributed by atoms with Crippen molar-refractivity contribution in [1.82, 2.24) is 0 Å². The summed E-state index contributed by atoms with van der Waals surface area (Å²) < 4.78 is 10.3. The van der Waals surface area contributed by atoms with Gasteiger partial charge in [-0.15, -0.1) is 20.5 Å². The molecule has 1 heterocycles. The molecule has 0 N–H and O–H groups in total. The van der Waals surface area contributed by atoms with E-state index in [0.717, 1.165) is 5.76 Å². The van der Waals surface area contributed by atoms with E-state index in [-0.39, 0.29) is 0 Å². The third-order valence-electron chi connectivity index (χ3n) is 1.30. The van der Waals surface area contributed by atoms with E-state index in [9.17, 15) is 0 Å². The Balaban J connectivity index is 2.16. The maximum Gasteiger partial charge on any atom is 0.127 e. The third kappa shape index (κ3) is 3.30. The van der Waals surface area contributed by atoms with Gasteiger partial charge in [0, 0.05) is 0 Å². The van der Waals surface area contributed by atoms with E-state index in [4.69, 9.17) is 9.15 Å². The minimum absolute atomic E-state index is 0.497. The van der Waals surface area contributed by atoms with Gasteiger partial charge in [-0.1, -0.05) is 0 Å². The average Bonchev–Trinajstić information content (AvgIpc) is 2.49. The summed E-state index contributed by atoms with van der Waals surface area (Å²) in [5.41, 5.74) is 1.22. The lowest BCUT2D eigenvalue weighted by molar-refractivity contribution is 0.179. The molecule has 2 heteroatoms. The average molecular weight is 165 g/mol. The summed E-state index contributed by atoms with van der Waals surface area (Å²) in [4.78, 5) is 0. The van der Waals surface area contributed by atoms with E-state index in [0.29, 0.717) is 6.61 Å². The van der Waals surface area contributed by atoms with Gasteiger partial charge in [-0.3, -0.25) is 0 Å². The van der Waals surface area contributed by atoms with Crippen LogP contribution in [-0.2, 0) is 11.3 Å². The summed E-state index contributed by atoms with van der Waals surface area (Å²) in [6, 6.07) is 3.73. The molecule has 0 saturated heterocycles. The smallest absolute Gasteiger partial charge is 0.127 e. The quantitative estimate of drug-likeness (QED) is 0.505. The molecule has 0 bridgehead atoms. The van der Waals surface area contributed by atoms with Crippen LogP contribution >= 0.6 is 0 Å². The zero-order chi connectivity index (χ0) is 8.81. The normalized spacial score (nSPS) is 9.50. The number of hydrogen-bond donors (Lipinski definition) is 0. The van der Waals surface area contributed by atoms with E-state index in [1.54, 1.807) is 12.9 Å². The highest BCUT2D eigenvalue weighted by Gasteiger charge is 1.89. The van der Waals surface area contributed by atoms with Gasteiger partial charge in [0.05, 0.1) is 12.9 Å². The molecule has 1 aromatic heterocycles. The summed E-state index contributed by atoms with van der Waals surface area (Å²) in [6.45, 7) is 6.22. The predicted octanol–water partition coefficient (Wildman–Crippen LogP) is 2.92. The SMILES string of the molecule is CC(C)=C[CH-]OCc1ccco1. The molecule has 0 aliphatic rings. The summed E-state index contributed by atoms with van der Waals surface area (Å²) in [5.74, 6) is 0.841. The van der Waals surface area contributed by atoms with Crippen LogP contribution in [0.1, 0.15) is 19.6 Å². The Morgan fingerprint density at radius 1 is 1.67 bits per heavy atom. The van der Waals surface area contributed by atoms with Crippen molar-refractivity contribution in [3.05, 3.63) is 42.4 Å².